The minimum Gasteiger partial charge on any atom is -0.468 e. The van der Waals surface area contributed by atoms with Crippen LogP contribution in [0.4, 0.5) is 4.79 Å². The minimum atomic E-state index is -0.465. The summed E-state index contributed by atoms with van der Waals surface area (Å²) in [7, 11) is 0. The Kier molecular flexibility index (Phi) is 5.09. The second kappa shape index (κ2) is 6.56. The molecule has 130 valence electrons. The molecule has 1 aromatic heterocycles. The first kappa shape index (κ1) is 17.9. The number of ether oxygens (including phenoxy) is 1. The number of hydrogen-bond donors (Lipinski definition) is 1. The molecule has 0 bridgehead atoms. The summed E-state index contributed by atoms with van der Waals surface area (Å²) in [6.45, 7) is 10.6. The minimum absolute atomic E-state index is 0.0799. The normalized spacial score (nSPS) is 22.2. The molecule has 2 atom stereocenters. The van der Waals surface area contributed by atoms with Crippen molar-refractivity contribution in [2.75, 3.05) is 6.54 Å². The fourth-order valence-corrected chi connectivity index (χ4v) is 3.28. The molecule has 0 aromatic carbocycles. The average molecular weight is 322 g/mol. The van der Waals surface area contributed by atoms with Gasteiger partial charge in [0.25, 0.3) is 0 Å². The maximum absolute atomic E-state index is 12.4. The van der Waals surface area contributed by atoms with Crippen molar-refractivity contribution in [1.29, 1.82) is 0 Å². The van der Waals surface area contributed by atoms with E-state index < -0.39 is 5.60 Å². The number of carbonyl (C=O) groups is 1. The topological polar surface area (TPSA) is 68.7 Å². The second-order valence-electron chi connectivity index (χ2n) is 8.17. The third-order valence-corrected chi connectivity index (χ3v) is 4.37. The van der Waals surface area contributed by atoms with Crippen LogP contribution < -0.4 is 5.73 Å². The van der Waals surface area contributed by atoms with Crippen molar-refractivity contribution in [2.24, 2.45) is 11.7 Å². The Hall–Kier alpha value is -1.49. The number of carbonyl (C=O) groups excluding carboxylic acids is 1. The van der Waals surface area contributed by atoms with E-state index in [0.717, 1.165) is 31.6 Å². The van der Waals surface area contributed by atoms with Crippen molar-refractivity contribution in [3.05, 3.63) is 24.2 Å². The van der Waals surface area contributed by atoms with Gasteiger partial charge in [0.1, 0.15) is 11.4 Å². The van der Waals surface area contributed by atoms with E-state index in [2.05, 4.69) is 13.8 Å². The highest BCUT2D eigenvalue weighted by Crippen LogP contribution is 2.37. The molecule has 0 saturated carbocycles. The lowest BCUT2D eigenvalue weighted by Crippen LogP contribution is -2.45. The second-order valence-corrected chi connectivity index (χ2v) is 8.17. The van der Waals surface area contributed by atoms with Gasteiger partial charge < -0.3 is 19.8 Å². The van der Waals surface area contributed by atoms with Crippen LogP contribution in [0.1, 0.15) is 65.7 Å². The molecule has 5 heteroatoms. The zero-order valence-corrected chi connectivity index (χ0v) is 15.0. The summed E-state index contributed by atoms with van der Waals surface area (Å²) in [5, 5.41) is 0. The molecular formula is C18H30N2O3. The Bertz CT molecular complexity index is 517. The molecule has 0 radical (unpaired) electrons. The van der Waals surface area contributed by atoms with Gasteiger partial charge in [-0.3, -0.25) is 0 Å². The molecule has 1 aliphatic rings. The van der Waals surface area contributed by atoms with E-state index in [1.54, 1.807) is 6.26 Å². The third-order valence-electron chi connectivity index (χ3n) is 4.37. The van der Waals surface area contributed by atoms with E-state index in [1.807, 2.05) is 37.8 Å². The van der Waals surface area contributed by atoms with Crippen molar-refractivity contribution < 1.29 is 13.9 Å². The summed E-state index contributed by atoms with van der Waals surface area (Å²) >= 11 is 0. The fourth-order valence-electron chi connectivity index (χ4n) is 3.28. The van der Waals surface area contributed by atoms with Gasteiger partial charge in [-0.05, 0) is 71.9 Å². The van der Waals surface area contributed by atoms with Gasteiger partial charge in [-0.15, -0.1) is 0 Å². The van der Waals surface area contributed by atoms with E-state index >= 15 is 0 Å². The fraction of sp³-hybridized carbons (Fsp3) is 0.722. The van der Waals surface area contributed by atoms with E-state index in [4.69, 9.17) is 14.9 Å². The van der Waals surface area contributed by atoms with Crippen molar-refractivity contribution in [1.82, 2.24) is 4.90 Å². The lowest BCUT2D eigenvalue weighted by molar-refractivity contribution is 0.0131. The zero-order chi connectivity index (χ0) is 17.3. The third kappa shape index (κ3) is 4.74. The van der Waals surface area contributed by atoms with Crippen LogP contribution in [0.5, 0.6) is 0 Å². The quantitative estimate of drug-likeness (QED) is 0.906. The lowest BCUT2D eigenvalue weighted by atomic mass is 9.92. The SMILES string of the molecule is CC(C)(C)OC(=O)N1C[C@@H](CCC(N)c2ccco2)CC1(C)C. The van der Waals surface area contributed by atoms with Crippen LogP contribution in [-0.4, -0.2) is 28.7 Å². The number of amides is 1. The number of rotatable bonds is 4. The van der Waals surface area contributed by atoms with Gasteiger partial charge in [-0.2, -0.15) is 0 Å². The molecule has 1 amide bonds. The van der Waals surface area contributed by atoms with Crippen LogP contribution in [0.3, 0.4) is 0 Å². The average Bonchev–Trinajstić information content (AvgIpc) is 3.01. The Morgan fingerprint density at radius 3 is 2.78 bits per heavy atom. The van der Waals surface area contributed by atoms with Crippen LogP contribution >= 0.6 is 0 Å². The van der Waals surface area contributed by atoms with Crippen LogP contribution in [0.25, 0.3) is 0 Å². The van der Waals surface area contributed by atoms with Crippen molar-refractivity contribution in [3.63, 3.8) is 0 Å². The highest BCUT2D eigenvalue weighted by molar-refractivity contribution is 5.69. The first-order valence-corrected chi connectivity index (χ1v) is 8.38. The molecule has 23 heavy (non-hydrogen) atoms. The van der Waals surface area contributed by atoms with Crippen LogP contribution in [-0.2, 0) is 4.74 Å². The monoisotopic (exact) mass is 322 g/mol. The van der Waals surface area contributed by atoms with Crippen molar-refractivity contribution in [2.45, 2.75) is 71.1 Å². The Balaban J connectivity index is 1.90. The van der Waals surface area contributed by atoms with Crippen LogP contribution in [0, 0.1) is 5.92 Å². The molecule has 0 spiro atoms. The number of likely N-dealkylation sites (tertiary alicyclic amines) is 1. The van der Waals surface area contributed by atoms with Gasteiger partial charge in [-0.25, -0.2) is 4.79 Å². The molecule has 1 aromatic rings. The molecule has 1 aliphatic heterocycles. The smallest absolute Gasteiger partial charge is 0.410 e. The number of furan rings is 1. The molecular weight excluding hydrogens is 292 g/mol. The highest BCUT2D eigenvalue weighted by atomic mass is 16.6. The summed E-state index contributed by atoms with van der Waals surface area (Å²) in [5.74, 6) is 1.27. The largest absolute Gasteiger partial charge is 0.468 e. The predicted molar refractivity (Wildman–Crippen MR) is 90.0 cm³/mol. The van der Waals surface area contributed by atoms with Gasteiger partial charge in [0, 0.05) is 12.1 Å². The molecule has 2 heterocycles. The molecule has 5 nitrogen and oxygen atoms in total. The predicted octanol–water partition coefficient (Wildman–Crippen LogP) is 4.10. The van der Waals surface area contributed by atoms with E-state index in [1.165, 1.54) is 0 Å². The number of nitrogens with two attached hydrogens (primary N) is 1. The van der Waals surface area contributed by atoms with Gasteiger partial charge in [0.15, 0.2) is 0 Å². The summed E-state index contributed by atoms with van der Waals surface area (Å²) in [5.41, 5.74) is 5.52. The van der Waals surface area contributed by atoms with Crippen molar-refractivity contribution in [3.8, 4) is 0 Å². The van der Waals surface area contributed by atoms with Gasteiger partial charge in [0.05, 0.1) is 12.3 Å². The summed E-state index contributed by atoms with van der Waals surface area (Å²) < 4.78 is 10.9. The molecule has 1 unspecified atom stereocenters. The number of nitrogens with zero attached hydrogens (tertiary/aromatic N) is 1. The van der Waals surface area contributed by atoms with E-state index in [0.29, 0.717) is 5.92 Å². The number of hydrogen-bond acceptors (Lipinski definition) is 4. The first-order valence-electron chi connectivity index (χ1n) is 8.38. The molecule has 2 N–H and O–H groups in total. The van der Waals surface area contributed by atoms with E-state index in [-0.39, 0.29) is 17.7 Å². The summed E-state index contributed by atoms with van der Waals surface area (Å²) in [6, 6.07) is 3.69. The maximum Gasteiger partial charge on any atom is 0.410 e. The standard InChI is InChI=1S/C18H30N2O3/c1-17(2,3)23-16(21)20-12-13(11-18(20,4)5)8-9-14(19)15-7-6-10-22-15/h6-7,10,13-14H,8-9,11-12,19H2,1-5H3/t13-,14?/m0/s1. The Morgan fingerprint density at radius 2 is 2.22 bits per heavy atom. The Morgan fingerprint density at radius 1 is 1.52 bits per heavy atom. The summed E-state index contributed by atoms with van der Waals surface area (Å²) in [6.07, 6.45) is 4.23. The molecule has 1 fully saturated rings. The van der Waals surface area contributed by atoms with E-state index in [9.17, 15) is 4.79 Å². The summed E-state index contributed by atoms with van der Waals surface area (Å²) in [4.78, 5) is 14.3. The maximum atomic E-state index is 12.4. The van der Waals surface area contributed by atoms with Gasteiger partial charge in [-0.1, -0.05) is 0 Å². The molecule has 2 rings (SSSR count). The van der Waals surface area contributed by atoms with Gasteiger partial charge in [0.2, 0.25) is 0 Å². The van der Waals surface area contributed by atoms with Gasteiger partial charge >= 0.3 is 6.09 Å². The van der Waals surface area contributed by atoms with Crippen LogP contribution in [0.15, 0.2) is 22.8 Å². The lowest BCUT2D eigenvalue weighted by Gasteiger charge is -2.33. The van der Waals surface area contributed by atoms with Crippen molar-refractivity contribution >= 4 is 6.09 Å². The Labute approximate surface area is 139 Å². The zero-order valence-electron chi connectivity index (χ0n) is 15.0. The highest BCUT2D eigenvalue weighted by Gasteiger charge is 2.42. The van der Waals surface area contributed by atoms with Crippen LogP contribution in [0.2, 0.25) is 0 Å². The molecule has 1 saturated heterocycles. The molecule has 0 aliphatic carbocycles. The first-order chi connectivity index (χ1) is 10.6.